The molecule has 0 nitrogen and oxygen atoms in total. The van der Waals surface area contributed by atoms with E-state index in [-0.39, 0.29) is 17.1 Å². The van der Waals surface area contributed by atoms with E-state index in [0.717, 1.165) is 0 Å². The molecule has 0 unspecified atom stereocenters. The molecule has 0 spiro atoms. The van der Waals surface area contributed by atoms with Crippen LogP contribution in [-0.2, 0) is 17.1 Å². The second-order valence-electron chi connectivity index (χ2n) is 1.50. The van der Waals surface area contributed by atoms with Crippen LogP contribution in [0.1, 0.15) is 0 Å². The number of hydrogen-bond acceptors (Lipinski definition) is 0. The number of hydrogen-bond donors (Lipinski definition) is 0. The quantitative estimate of drug-likeness (QED) is 0.383. The van der Waals surface area contributed by atoms with E-state index in [1.54, 1.807) is 0 Å². The summed E-state index contributed by atoms with van der Waals surface area (Å²) in [6.07, 6.45) is 0. The Kier molecular flexibility index (Phi) is 2.69. The Balaban J connectivity index is 2.32. The summed E-state index contributed by atoms with van der Waals surface area (Å²) in [6.45, 7) is 0. The van der Waals surface area contributed by atoms with E-state index in [9.17, 15) is 0 Å². The van der Waals surface area contributed by atoms with Crippen LogP contribution >= 0.6 is 0 Å². The Morgan fingerprint density at radius 1 is 1.50 bits per heavy atom. The first-order valence-corrected chi connectivity index (χ1v) is 10.3. The zero-order chi connectivity index (χ0) is 3.58. The fourth-order valence-corrected chi connectivity index (χ4v) is 0. The van der Waals surface area contributed by atoms with Crippen LogP contribution in [0, 0.1) is 0 Å². The fourth-order valence-electron chi connectivity index (χ4n) is 0. The third-order valence-corrected chi connectivity index (χ3v) is 0. The zero-order valence-electron chi connectivity index (χ0n) is 3.50. The maximum absolute atomic E-state index is 2.40. The van der Waals surface area contributed by atoms with Crippen LogP contribution < -0.4 is 0 Å². The van der Waals surface area contributed by atoms with E-state index >= 15 is 0 Å². The van der Waals surface area contributed by atoms with Crippen molar-refractivity contribution in [2.75, 3.05) is 0 Å². The van der Waals surface area contributed by atoms with Gasteiger partial charge in [0.05, 0.1) is 0 Å². The Morgan fingerprint density at radius 2 is 1.50 bits per heavy atom. The molecule has 0 saturated heterocycles. The van der Waals surface area contributed by atoms with E-state index in [2.05, 4.69) is 10.5 Å². The Labute approximate surface area is 36.0 Å². The van der Waals surface area contributed by atoms with Gasteiger partial charge in [-0.2, -0.15) is 0 Å². The van der Waals surface area contributed by atoms with Gasteiger partial charge in [-0.25, -0.2) is 0 Å². The molecule has 0 aliphatic rings. The Morgan fingerprint density at radius 3 is 1.50 bits per heavy atom. The van der Waals surface area contributed by atoms with Crippen molar-refractivity contribution in [3.8, 4) is 0 Å². The van der Waals surface area contributed by atoms with E-state index in [0.29, 0.717) is 0 Å². The second kappa shape index (κ2) is 2.19. The van der Waals surface area contributed by atoms with Gasteiger partial charge in [-0.3, -0.25) is 0 Å². The van der Waals surface area contributed by atoms with Crippen LogP contribution in [0.25, 0.3) is 0 Å². The first-order chi connectivity index (χ1) is 1.73. The molecule has 0 heterocycles. The molecule has 0 aromatic rings. The first-order valence-electron chi connectivity index (χ1n) is 1.50. The normalized spacial score (nSPS) is 7.50. The van der Waals surface area contributed by atoms with Crippen molar-refractivity contribution in [3.05, 3.63) is 0 Å². The van der Waals surface area contributed by atoms with Gasteiger partial charge < -0.3 is 0 Å². The molecule has 0 radical (unpaired) electrons. The van der Waals surface area contributed by atoms with E-state index in [1.165, 1.54) is 8.11 Å². The summed E-state index contributed by atoms with van der Waals surface area (Å²) in [6, 6.07) is 0. The average molecular weight is 109 g/mol. The van der Waals surface area contributed by atoms with Crippen molar-refractivity contribution in [2.45, 2.75) is 10.5 Å². The van der Waals surface area contributed by atoms with Crippen molar-refractivity contribution in [3.63, 3.8) is 0 Å². The minimum absolute atomic E-state index is 0.194. The van der Waals surface area contributed by atoms with Gasteiger partial charge in [-0.1, -0.05) is 0 Å². The molecule has 0 aromatic carbocycles. The molecule has 0 saturated carbocycles. The molecule has 0 aliphatic carbocycles. The average Bonchev–Trinajstić information content (AvgIpc) is 0.811. The van der Waals surface area contributed by atoms with E-state index in [1.807, 2.05) is 0 Å². The SMILES string of the molecule is [CH3][Ti]([CH3])[SiH3]. The van der Waals surface area contributed by atoms with E-state index in [4.69, 9.17) is 0 Å². The van der Waals surface area contributed by atoms with Gasteiger partial charge >= 0.3 is 35.7 Å². The third-order valence-electron chi connectivity index (χ3n) is 0. The molecule has 25 valence electrons. The van der Waals surface area contributed by atoms with Gasteiger partial charge in [0.15, 0.2) is 0 Å². The Bertz CT molecular complexity index is 10.8. The van der Waals surface area contributed by atoms with Gasteiger partial charge in [0.2, 0.25) is 0 Å². The predicted molar refractivity (Wildman–Crippen MR) is 21.7 cm³/mol. The molecule has 0 aliphatic heterocycles. The van der Waals surface area contributed by atoms with Crippen molar-refractivity contribution < 1.29 is 17.1 Å². The molecule has 0 amide bonds. The summed E-state index contributed by atoms with van der Waals surface area (Å²) in [5.41, 5.74) is 0. The monoisotopic (exact) mass is 109 g/mol. The fraction of sp³-hybridized carbons (Fsp3) is 1.00. The third kappa shape index (κ3) is 12.6. The zero-order valence-corrected chi connectivity index (χ0v) is 7.06. The van der Waals surface area contributed by atoms with Crippen molar-refractivity contribution in [2.24, 2.45) is 0 Å². The summed E-state index contributed by atoms with van der Waals surface area (Å²) in [7, 11) is 1.52. The molecule has 4 heavy (non-hydrogen) atoms. The minimum atomic E-state index is -0.194. The van der Waals surface area contributed by atoms with Gasteiger partial charge in [0, 0.05) is 0 Å². The van der Waals surface area contributed by atoms with Crippen LogP contribution in [-0.4, -0.2) is 8.11 Å². The standard InChI is InChI=1S/2CH3.H3Si.Ti/h3*1H3;. The van der Waals surface area contributed by atoms with Crippen molar-refractivity contribution >= 4 is 8.11 Å². The first kappa shape index (κ1) is 4.93. The summed E-state index contributed by atoms with van der Waals surface area (Å²) < 4.78 is 0. The van der Waals surface area contributed by atoms with Crippen LogP contribution in [0.3, 0.4) is 0 Å². The molecule has 0 fully saturated rings. The van der Waals surface area contributed by atoms with E-state index < -0.39 is 0 Å². The molecular formula is C2H9SiTi. The van der Waals surface area contributed by atoms with Crippen LogP contribution in [0.4, 0.5) is 0 Å². The van der Waals surface area contributed by atoms with Gasteiger partial charge in [-0.05, 0) is 0 Å². The molecule has 0 aromatic heterocycles. The van der Waals surface area contributed by atoms with Gasteiger partial charge in [0.1, 0.15) is 0 Å². The van der Waals surface area contributed by atoms with Gasteiger partial charge in [-0.15, -0.1) is 0 Å². The predicted octanol–water partition coefficient (Wildman–Crippen LogP) is -0.0188. The van der Waals surface area contributed by atoms with Crippen LogP contribution in [0.5, 0.6) is 0 Å². The van der Waals surface area contributed by atoms with Crippen molar-refractivity contribution in [1.29, 1.82) is 0 Å². The second-order valence-corrected chi connectivity index (χ2v) is 14.4. The van der Waals surface area contributed by atoms with Crippen LogP contribution in [0.2, 0.25) is 10.5 Å². The topological polar surface area (TPSA) is 0 Å². The Hall–Kier alpha value is 0.931. The summed E-state index contributed by atoms with van der Waals surface area (Å²) in [5, 5.41) is 4.79. The maximum atomic E-state index is 2.40. The summed E-state index contributed by atoms with van der Waals surface area (Å²) in [5.74, 6) is 0. The van der Waals surface area contributed by atoms with Crippen LogP contribution in [0.15, 0.2) is 0 Å². The number of rotatable bonds is 0. The summed E-state index contributed by atoms with van der Waals surface area (Å²) in [4.78, 5) is 0. The molecule has 0 bridgehead atoms. The van der Waals surface area contributed by atoms with Crippen molar-refractivity contribution in [1.82, 2.24) is 0 Å². The molecule has 0 N–H and O–H groups in total. The molecule has 2 heteroatoms. The molecular weight excluding hydrogens is 100.0 g/mol. The van der Waals surface area contributed by atoms with Gasteiger partial charge in [0.25, 0.3) is 0 Å². The summed E-state index contributed by atoms with van der Waals surface area (Å²) >= 11 is -0.194. The molecule has 0 atom stereocenters. The molecule has 0 rings (SSSR count).